The molecule has 122 valence electrons. The van der Waals surface area contributed by atoms with E-state index in [1.165, 1.54) is 0 Å². The zero-order valence-electron chi connectivity index (χ0n) is 14.0. The lowest BCUT2D eigenvalue weighted by Gasteiger charge is -2.18. The molecule has 4 heteroatoms. The normalized spacial score (nSPS) is 10.4. The predicted octanol–water partition coefficient (Wildman–Crippen LogP) is 3.80. The maximum atomic E-state index is 12.1. The molecule has 2 aromatic carbocycles. The Bertz CT molecular complexity index is 609. The second kappa shape index (κ2) is 8.22. The molecule has 0 saturated carbocycles. The van der Waals surface area contributed by atoms with Crippen LogP contribution in [0.5, 0.6) is 5.75 Å². The molecule has 0 saturated heterocycles. The van der Waals surface area contributed by atoms with E-state index in [4.69, 9.17) is 4.74 Å². The van der Waals surface area contributed by atoms with Crippen molar-refractivity contribution >= 4 is 17.3 Å². The molecule has 0 heterocycles. The van der Waals surface area contributed by atoms with E-state index in [1.807, 2.05) is 66.5 Å². The van der Waals surface area contributed by atoms with Crippen LogP contribution in [0.15, 0.2) is 54.6 Å². The first-order valence-corrected chi connectivity index (χ1v) is 7.83. The number of anilines is 2. The number of ether oxygens (including phenoxy) is 1. The van der Waals surface area contributed by atoms with Crippen LogP contribution in [0, 0.1) is 5.92 Å². The molecular weight excluding hydrogens is 288 g/mol. The third kappa shape index (κ3) is 5.66. The number of carbonyl (C=O) groups excluding carboxylic acids is 1. The van der Waals surface area contributed by atoms with Crippen molar-refractivity contribution in [1.82, 2.24) is 0 Å². The topological polar surface area (TPSA) is 41.6 Å². The lowest BCUT2D eigenvalue weighted by Crippen LogP contribution is -2.29. The van der Waals surface area contributed by atoms with Gasteiger partial charge in [-0.2, -0.15) is 0 Å². The maximum absolute atomic E-state index is 12.1. The van der Waals surface area contributed by atoms with Gasteiger partial charge in [-0.1, -0.05) is 32.0 Å². The Labute approximate surface area is 138 Å². The molecule has 0 unspecified atom stereocenters. The fraction of sp³-hybridized carbons (Fsp3) is 0.316. The zero-order chi connectivity index (χ0) is 16.7. The minimum atomic E-state index is -0.0489. The molecule has 0 radical (unpaired) electrons. The smallest absolute Gasteiger partial charge is 0.243 e. The minimum absolute atomic E-state index is 0.0489. The van der Waals surface area contributed by atoms with Gasteiger partial charge >= 0.3 is 0 Å². The van der Waals surface area contributed by atoms with Gasteiger partial charge in [-0.3, -0.25) is 4.79 Å². The number of nitrogens with zero attached hydrogens (tertiary/aromatic N) is 1. The van der Waals surface area contributed by atoms with Crippen molar-refractivity contribution in [3.8, 4) is 5.75 Å². The lowest BCUT2D eigenvalue weighted by molar-refractivity contribution is -0.114. The van der Waals surface area contributed by atoms with Gasteiger partial charge in [0.15, 0.2) is 0 Å². The largest absolute Gasteiger partial charge is 0.493 e. The predicted molar refractivity (Wildman–Crippen MR) is 95.1 cm³/mol. The molecule has 2 rings (SSSR count). The van der Waals surface area contributed by atoms with Crippen molar-refractivity contribution in [2.24, 2.45) is 5.92 Å². The van der Waals surface area contributed by atoms with E-state index >= 15 is 0 Å². The zero-order valence-corrected chi connectivity index (χ0v) is 14.0. The van der Waals surface area contributed by atoms with Crippen LogP contribution in [0.2, 0.25) is 0 Å². The molecule has 0 fully saturated rings. The van der Waals surface area contributed by atoms with Gasteiger partial charge in [-0.15, -0.1) is 0 Å². The Morgan fingerprint density at radius 3 is 2.35 bits per heavy atom. The number of hydrogen-bond acceptors (Lipinski definition) is 3. The van der Waals surface area contributed by atoms with E-state index in [2.05, 4.69) is 19.2 Å². The van der Waals surface area contributed by atoms with Crippen LogP contribution >= 0.6 is 0 Å². The highest BCUT2D eigenvalue weighted by atomic mass is 16.5. The summed E-state index contributed by atoms with van der Waals surface area (Å²) in [6.07, 6.45) is 0. The van der Waals surface area contributed by atoms with Crippen LogP contribution in [-0.4, -0.2) is 26.1 Å². The molecule has 0 spiro atoms. The number of benzene rings is 2. The number of amides is 1. The SMILES string of the molecule is CC(C)COc1ccc(NC(=O)CN(C)c2ccccc2)cc1. The summed E-state index contributed by atoms with van der Waals surface area (Å²) < 4.78 is 5.63. The molecule has 1 N–H and O–H groups in total. The van der Waals surface area contributed by atoms with Gasteiger partial charge in [-0.25, -0.2) is 0 Å². The van der Waals surface area contributed by atoms with Crippen LogP contribution in [0.1, 0.15) is 13.8 Å². The summed E-state index contributed by atoms with van der Waals surface area (Å²) >= 11 is 0. The highest BCUT2D eigenvalue weighted by molar-refractivity contribution is 5.94. The molecule has 1 amide bonds. The van der Waals surface area contributed by atoms with Crippen molar-refractivity contribution in [2.75, 3.05) is 30.4 Å². The highest BCUT2D eigenvalue weighted by Crippen LogP contribution is 2.17. The number of para-hydroxylation sites is 1. The van der Waals surface area contributed by atoms with Crippen LogP contribution in [0.3, 0.4) is 0 Å². The Kier molecular flexibility index (Phi) is 6.03. The number of rotatable bonds is 7. The van der Waals surface area contributed by atoms with E-state index in [-0.39, 0.29) is 5.91 Å². The lowest BCUT2D eigenvalue weighted by atomic mass is 10.2. The summed E-state index contributed by atoms with van der Waals surface area (Å²) in [5.74, 6) is 1.26. The Morgan fingerprint density at radius 1 is 1.09 bits per heavy atom. The molecule has 23 heavy (non-hydrogen) atoms. The molecule has 0 aromatic heterocycles. The van der Waals surface area contributed by atoms with Gasteiger partial charge in [0, 0.05) is 18.4 Å². The van der Waals surface area contributed by atoms with Gasteiger partial charge in [-0.05, 0) is 42.3 Å². The van der Waals surface area contributed by atoms with Crippen molar-refractivity contribution in [3.63, 3.8) is 0 Å². The Morgan fingerprint density at radius 2 is 1.74 bits per heavy atom. The summed E-state index contributed by atoms with van der Waals surface area (Å²) in [5, 5.41) is 2.90. The number of carbonyl (C=O) groups is 1. The average molecular weight is 312 g/mol. The van der Waals surface area contributed by atoms with Crippen molar-refractivity contribution < 1.29 is 9.53 Å². The van der Waals surface area contributed by atoms with E-state index in [0.717, 1.165) is 17.1 Å². The van der Waals surface area contributed by atoms with Gasteiger partial charge < -0.3 is 15.0 Å². The van der Waals surface area contributed by atoms with Crippen molar-refractivity contribution in [2.45, 2.75) is 13.8 Å². The Balaban J connectivity index is 1.85. The van der Waals surface area contributed by atoms with Crippen molar-refractivity contribution in [1.29, 1.82) is 0 Å². The first kappa shape index (κ1) is 16.9. The summed E-state index contributed by atoms with van der Waals surface area (Å²) in [6, 6.07) is 17.3. The van der Waals surface area contributed by atoms with Gasteiger partial charge in [0.1, 0.15) is 5.75 Å². The molecule has 0 aliphatic heterocycles. The molecule has 0 aliphatic rings. The van der Waals surface area contributed by atoms with Crippen LogP contribution in [-0.2, 0) is 4.79 Å². The monoisotopic (exact) mass is 312 g/mol. The highest BCUT2D eigenvalue weighted by Gasteiger charge is 2.07. The summed E-state index contributed by atoms with van der Waals surface area (Å²) in [7, 11) is 1.90. The van der Waals surface area contributed by atoms with Gasteiger partial charge in [0.2, 0.25) is 5.91 Å². The Hall–Kier alpha value is -2.49. The van der Waals surface area contributed by atoms with E-state index in [0.29, 0.717) is 19.1 Å². The first-order chi connectivity index (χ1) is 11.0. The molecule has 2 aromatic rings. The summed E-state index contributed by atoms with van der Waals surface area (Å²) in [5.41, 5.74) is 1.79. The number of likely N-dealkylation sites (N-methyl/N-ethyl adjacent to an activating group) is 1. The minimum Gasteiger partial charge on any atom is -0.493 e. The van der Waals surface area contributed by atoms with Gasteiger partial charge in [0.25, 0.3) is 0 Å². The van der Waals surface area contributed by atoms with Crippen LogP contribution in [0.25, 0.3) is 0 Å². The maximum Gasteiger partial charge on any atom is 0.243 e. The first-order valence-electron chi connectivity index (χ1n) is 7.83. The van der Waals surface area contributed by atoms with Crippen LogP contribution < -0.4 is 15.0 Å². The average Bonchev–Trinajstić information content (AvgIpc) is 2.55. The number of hydrogen-bond donors (Lipinski definition) is 1. The third-order valence-electron chi connectivity index (χ3n) is 3.30. The second-order valence-corrected chi connectivity index (χ2v) is 5.97. The third-order valence-corrected chi connectivity index (χ3v) is 3.30. The molecule has 4 nitrogen and oxygen atoms in total. The summed E-state index contributed by atoms with van der Waals surface area (Å²) in [4.78, 5) is 14.0. The molecule has 0 aliphatic carbocycles. The molecular formula is C19H24N2O2. The van der Waals surface area contributed by atoms with E-state index < -0.39 is 0 Å². The van der Waals surface area contributed by atoms with Crippen molar-refractivity contribution in [3.05, 3.63) is 54.6 Å². The quantitative estimate of drug-likeness (QED) is 0.845. The number of nitrogens with one attached hydrogen (secondary N) is 1. The van der Waals surface area contributed by atoms with Crippen LogP contribution in [0.4, 0.5) is 11.4 Å². The standard InChI is InChI=1S/C19H24N2O2/c1-15(2)14-23-18-11-9-16(10-12-18)20-19(22)13-21(3)17-7-5-4-6-8-17/h4-12,15H,13-14H2,1-3H3,(H,20,22). The van der Waals surface area contributed by atoms with E-state index in [1.54, 1.807) is 0 Å². The molecule has 0 atom stereocenters. The fourth-order valence-corrected chi connectivity index (χ4v) is 2.09. The summed E-state index contributed by atoms with van der Waals surface area (Å²) in [6.45, 7) is 5.21. The fourth-order valence-electron chi connectivity index (χ4n) is 2.09. The molecule has 0 bridgehead atoms. The second-order valence-electron chi connectivity index (χ2n) is 5.97. The van der Waals surface area contributed by atoms with E-state index in [9.17, 15) is 4.79 Å². The van der Waals surface area contributed by atoms with Gasteiger partial charge in [0.05, 0.1) is 13.2 Å².